The summed E-state index contributed by atoms with van der Waals surface area (Å²) in [6.45, 7) is 1.22. The van der Waals surface area contributed by atoms with E-state index in [0.29, 0.717) is 0 Å². The Morgan fingerprint density at radius 2 is 2.27 bits per heavy atom. The molecule has 1 aromatic rings. The highest BCUT2D eigenvalue weighted by Crippen LogP contribution is 2.05. The van der Waals surface area contributed by atoms with Gasteiger partial charge in [0.05, 0.1) is 0 Å². The average Bonchev–Trinajstić information content (AvgIpc) is 2.08. The minimum absolute atomic E-state index is 0.178. The Kier molecular flexibility index (Phi) is 1.57. The molecule has 0 aliphatic carbocycles. The van der Waals surface area contributed by atoms with Gasteiger partial charge in [-0.1, -0.05) is 0 Å². The van der Waals surface area contributed by atoms with Crippen molar-refractivity contribution in [3.05, 3.63) is 10.9 Å². The average molecular weight is 180 g/mol. The van der Waals surface area contributed by atoms with Crippen molar-refractivity contribution in [1.82, 2.24) is 5.16 Å². The minimum atomic E-state index is -4.53. The summed E-state index contributed by atoms with van der Waals surface area (Å²) in [5, 5.41) is 12.6. The quantitative estimate of drug-likeness (QED) is 0.432. The fraction of sp³-hybridized carbons (Fsp3) is 0.333. The maximum atomic E-state index is 10.4. The van der Waals surface area contributed by atoms with E-state index in [1.807, 2.05) is 0 Å². The van der Waals surface area contributed by atoms with Gasteiger partial charge in [0.15, 0.2) is 0 Å². The van der Waals surface area contributed by atoms with Crippen LogP contribution in [0.4, 0.5) is 0 Å². The fourth-order valence-corrected chi connectivity index (χ4v) is 1.22. The highest BCUT2D eigenvalue weighted by Gasteiger charge is 2.27. The van der Waals surface area contributed by atoms with Gasteiger partial charge in [0.25, 0.3) is 0 Å². The molecule has 1 aromatic heterocycles. The van der Waals surface area contributed by atoms with E-state index in [1.54, 1.807) is 0 Å². The lowest BCUT2D eigenvalue weighted by molar-refractivity contribution is -0.832. The Morgan fingerprint density at radius 1 is 1.73 bits per heavy atom. The first-order valence-corrected chi connectivity index (χ1v) is 3.91. The van der Waals surface area contributed by atoms with Crippen LogP contribution in [0.5, 0.6) is 0 Å². The zero-order valence-corrected chi connectivity index (χ0v) is 6.20. The summed E-state index contributed by atoms with van der Waals surface area (Å²) in [4.78, 5) is -0.370. The van der Waals surface area contributed by atoms with Crippen molar-refractivity contribution in [3.8, 4) is 0 Å². The van der Waals surface area contributed by atoms with Crippen LogP contribution in [0.3, 0.4) is 0 Å². The zero-order valence-electron chi connectivity index (χ0n) is 5.38. The summed E-state index contributed by atoms with van der Waals surface area (Å²) < 4.78 is 33.0. The van der Waals surface area contributed by atoms with E-state index in [-0.39, 0.29) is 10.6 Å². The van der Waals surface area contributed by atoms with E-state index >= 15 is 0 Å². The standard InChI is InChI=1S/C3H4N2O5S/c1-2-3(11(7,8)9)5(6)10-4-2/h1H3,(H,7,8,9). The van der Waals surface area contributed by atoms with Crippen LogP contribution in [0.2, 0.25) is 0 Å². The summed E-state index contributed by atoms with van der Waals surface area (Å²) in [6, 6.07) is 0. The molecule has 0 aliphatic rings. The molecule has 8 heteroatoms. The Bertz CT molecular complexity index is 346. The predicted octanol–water partition coefficient (Wildman–Crippen LogP) is -1.14. The largest absolute Gasteiger partial charge is 0.358 e. The van der Waals surface area contributed by atoms with E-state index in [1.165, 1.54) is 6.92 Å². The zero-order chi connectivity index (χ0) is 8.65. The molecule has 1 N–H and O–H groups in total. The monoisotopic (exact) mass is 180 g/mol. The van der Waals surface area contributed by atoms with E-state index < -0.39 is 15.1 Å². The molecule has 0 saturated carbocycles. The molecule has 1 rings (SSSR count). The van der Waals surface area contributed by atoms with Crippen molar-refractivity contribution in [2.24, 2.45) is 0 Å². The molecular formula is C3H4N2O5S. The van der Waals surface area contributed by atoms with Gasteiger partial charge < -0.3 is 5.21 Å². The first kappa shape index (κ1) is 7.95. The van der Waals surface area contributed by atoms with Crippen LogP contribution in [0.15, 0.2) is 9.65 Å². The first-order valence-electron chi connectivity index (χ1n) is 2.46. The second-order valence-corrected chi connectivity index (χ2v) is 3.13. The third-order valence-electron chi connectivity index (χ3n) is 0.972. The lowest BCUT2D eigenvalue weighted by Crippen LogP contribution is -2.30. The minimum Gasteiger partial charge on any atom is -0.358 e. The summed E-state index contributed by atoms with van der Waals surface area (Å²) in [6.07, 6.45) is 0. The molecule has 0 spiro atoms. The molecule has 0 saturated heterocycles. The second kappa shape index (κ2) is 2.17. The molecule has 7 nitrogen and oxygen atoms in total. The van der Waals surface area contributed by atoms with Crippen LogP contribution in [-0.2, 0) is 10.1 Å². The van der Waals surface area contributed by atoms with E-state index in [2.05, 4.69) is 9.79 Å². The van der Waals surface area contributed by atoms with Crippen molar-refractivity contribution < 1.29 is 22.5 Å². The van der Waals surface area contributed by atoms with Crippen molar-refractivity contribution >= 4 is 10.1 Å². The molecule has 11 heavy (non-hydrogen) atoms. The SMILES string of the molecule is Cc1no[n+]([O-])c1S(=O)(=O)O. The summed E-state index contributed by atoms with van der Waals surface area (Å²) in [5.74, 6) is 0. The topological polar surface area (TPSA) is 107 Å². The van der Waals surface area contributed by atoms with Gasteiger partial charge in [0, 0.05) is 12.1 Å². The number of rotatable bonds is 1. The Hall–Kier alpha value is -1.15. The predicted molar refractivity (Wildman–Crippen MR) is 30.0 cm³/mol. The highest BCUT2D eigenvalue weighted by atomic mass is 32.2. The number of aryl methyl sites for hydroxylation is 1. The van der Waals surface area contributed by atoms with Crippen LogP contribution < -0.4 is 4.90 Å². The highest BCUT2D eigenvalue weighted by molar-refractivity contribution is 7.85. The molecule has 1 heterocycles. The normalized spacial score (nSPS) is 11.8. The van der Waals surface area contributed by atoms with Crippen molar-refractivity contribution in [2.45, 2.75) is 11.9 Å². The molecule has 0 unspecified atom stereocenters. The summed E-state index contributed by atoms with van der Waals surface area (Å²) >= 11 is 0. The molecular weight excluding hydrogens is 176 g/mol. The Balaban J connectivity index is 3.45. The van der Waals surface area contributed by atoms with Gasteiger partial charge in [-0.3, -0.25) is 9.18 Å². The summed E-state index contributed by atoms with van der Waals surface area (Å²) in [7, 11) is -4.53. The summed E-state index contributed by atoms with van der Waals surface area (Å²) in [5.41, 5.74) is -0.178. The van der Waals surface area contributed by atoms with E-state index in [9.17, 15) is 13.6 Å². The van der Waals surface area contributed by atoms with Gasteiger partial charge in [-0.2, -0.15) is 8.42 Å². The van der Waals surface area contributed by atoms with Crippen molar-refractivity contribution in [1.29, 1.82) is 0 Å². The van der Waals surface area contributed by atoms with Gasteiger partial charge in [0.2, 0.25) is 5.69 Å². The van der Waals surface area contributed by atoms with Gasteiger partial charge in [0.1, 0.15) is 0 Å². The third kappa shape index (κ3) is 1.30. The van der Waals surface area contributed by atoms with Crippen LogP contribution in [0.25, 0.3) is 0 Å². The van der Waals surface area contributed by atoms with Crippen molar-refractivity contribution in [2.75, 3.05) is 0 Å². The maximum absolute atomic E-state index is 10.4. The van der Waals surface area contributed by atoms with E-state index in [4.69, 9.17) is 4.55 Å². The van der Waals surface area contributed by atoms with Gasteiger partial charge in [-0.15, -0.1) is 0 Å². The molecule has 0 radical (unpaired) electrons. The Labute approximate surface area is 61.5 Å². The molecule has 0 amide bonds. The molecule has 0 aromatic carbocycles. The lowest BCUT2D eigenvalue weighted by Gasteiger charge is -1.89. The third-order valence-corrected chi connectivity index (χ3v) is 1.90. The van der Waals surface area contributed by atoms with Gasteiger partial charge >= 0.3 is 15.1 Å². The van der Waals surface area contributed by atoms with Crippen LogP contribution >= 0.6 is 0 Å². The lowest BCUT2D eigenvalue weighted by atomic mass is 10.6. The molecule has 0 atom stereocenters. The molecule has 0 bridgehead atoms. The van der Waals surface area contributed by atoms with Crippen molar-refractivity contribution in [3.63, 3.8) is 0 Å². The molecule has 62 valence electrons. The molecule has 0 fully saturated rings. The Morgan fingerprint density at radius 3 is 2.45 bits per heavy atom. The smallest absolute Gasteiger partial charge is 0.340 e. The number of hydrogen-bond donors (Lipinski definition) is 1. The van der Waals surface area contributed by atoms with Gasteiger partial charge in [-0.25, -0.2) is 0 Å². The second-order valence-electron chi connectivity index (χ2n) is 1.80. The first-order chi connectivity index (χ1) is 4.93. The number of nitrogens with zero attached hydrogens (tertiary/aromatic N) is 2. The number of hydrogen-bond acceptors (Lipinski definition) is 5. The van der Waals surface area contributed by atoms with Crippen LogP contribution in [-0.4, -0.2) is 18.1 Å². The maximum Gasteiger partial charge on any atom is 0.340 e. The fourth-order valence-electron chi connectivity index (χ4n) is 0.587. The van der Waals surface area contributed by atoms with Crippen LogP contribution in [0.1, 0.15) is 5.69 Å². The van der Waals surface area contributed by atoms with Crippen LogP contribution in [0, 0.1) is 12.1 Å². The number of aromatic nitrogens is 2. The van der Waals surface area contributed by atoms with E-state index in [0.717, 1.165) is 0 Å². The molecule has 0 aliphatic heterocycles. The van der Waals surface area contributed by atoms with Gasteiger partial charge in [-0.05, 0) is 4.90 Å².